The number of carbonyl (C=O) groups is 1. The molecular formula is C14H18BrN3O2. The first-order valence-corrected chi connectivity index (χ1v) is 7.27. The molecular weight excluding hydrogens is 322 g/mol. The Morgan fingerprint density at radius 3 is 2.75 bits per heavy atom. The Labute approximate surface area is 126 Å². The number of nitrogens with zero attached hydrogens (tertiary/aromatic N) is 2. The average Bonchev–Trinajstić information content (AvgIpc) is 2.37. The molecule has 2 rings (SSSR count). The highest BCUT2D eigenvalue weighted by Crippen LogP contribution is 2.42. The monoisotopic (exact) mass is 339 g/mol. The van der Waals surface area contributed by atoms with E-state index in [1.807, 2.05) is 24.3 Å². The molecule has 0 aliphatic heterocycles. The summed E-state index contributed by atoms with van der Waals surface area (Å²) in [7, 11) is 1.74. The lowest BCUT2D eigenvalue weighted by molar-refractivity contribution is -0.141. The molecule has 6 heteroatoms. The number of amidine groups is 1. The molecule has 0 heterocycles. The van der Waals surface area contributed by atoms with E-state index in [1.54, 1.807) is 11.9 Å². The van der Waals surface area contributed by atoms with Crippen LogP contribution in [0.5, 0.6) is 0 Å². The predicted octanol–water partition coefficient (Wildman–Crippen LogP) is 2.32. The van der Waals surface area contributed by atoms with E-state index < -0.39 is 5.41 Å². The van der Waals surface area contributed by atoms with Gasteiger partial charge in [-0.25, -0.2) is 0 Å². The van der Waals surface area contributed by atoms with Crippen molar-refractivity contribution in [2.45, 2.75) is 25.8 Å². The lowest BCUT2D eigenvalue weighted by Crippen LogP contribution is -2.54. The molecule has 0 bridgehead atoms. The maximum Gasteiger partial charge on any atom is 0.236 e. The predicted molar refractivity (Wildman–Crippen MR) is 80.3 cm³/mol. The van der Waals surface area contributed by atoms with E-state index >= 15 is 0 Å². The fraction of sp³-hybridized carbons (Fsp3) is 0.429. The summed E-state index contributed by atoms with van der Waals surface area (Å²) >= 11 is 3.41. The summed E-state index contributed by atoms with van der Waals surface area (Å²) in [6.45, 7) is 0.499. The first-order chi connectivity index (χ1) is 9.49. The third kappa shape index (κ3) is 2.65. The molecule has 0 atom stereocenters. The summed E-state index contributed by atoms with van der Waals surface area (Å²) in [5, 5.41) is 11.9. The van der Waals surface area contributed by atoms with Crippen LogP contribution >= 0.6 is 15.9 Å². The van der Waals surface area contributed by atoms with Gasteiger partial charge in [0.25, 0.3) is 0 Å². The third-order valence-electron chi connectivity index (χ3n) is 3.87. The summed E-state index contributed by atoms with van der Waals surface area (Å²) in [4.78, 5) is 14.2. The second-order valence-electron chi connectivity index (χ2n) is 5.21. The SMILES string of the molecule is CN(Cc1cccc(Br)c1)C(=O)C1(/C(N)=N/O)CCC1. The van der Waals surface area contributed by atoms with Gasteiger partial charge in [0, 0.05) is 18.1 Å². The molecule has 0 radical (unpaired) electrons. The maximum atomic E-state index is 12.6. The summed E-state index contributed by atoms with van der Waals surface area (Å²) in [6, 6.07) is 7.81. The van der Waals surface area contributed by atoms with Crippen molar-refractivity contribution in [3.05, 3.63) is 34.3 Å². The Hall–Kier alpha value is -1.56. The molecule has 0 unspecified atom stereocenters. The van der Waals surface area contributed by atoms with Gasteiger partial charge in [-0.3, -0.25) is 4.79 Å². The van der Waals surface area contributed by atoms with Gasteiger partial charge in [0.15, 0.2) is 5.84 Å². The molecule has 1 aromatic carbocycles. The van der Waals surface area contributed by atoms with Crippen molar-refractivity contribution >= 4 is 27.7 Å². The van der Waals surface area contributed by atoms with Gasteiger partial charge < -0.3 is 15.8 Å². The highest BCUT2D eigenvalue weighted by atomic mass is 79.9. The lowest BCUT2D eigenvalue weighted by Gasteiger charge is -2.41. The second kappa shape index (κ2) is 5.83. The van der Waals surface area contributed by atoms with Crippen molar-refractivity contribution in [2.24, 2.45) is 16.3 Å². The fourth-order valence-corrected chi connectivity index (χ4v) is 3.00. The normalized spacial score (nSPS) is 17.4. The minimum Gasteiger partial charge on any atom is -0.409 e. The Balaban J connectivity index is 2.12. The summed E-state index contributed by atoms with van der Waals surface area (Å²) in [6.07, 6.45) is 2.21. The minimum absolute atomic E-state index is 0.0230. The van der Waals surface area contributed by atoms with Crippen LogP contribution in [0.3, 0.4) is 0 Å². The summed E-state index contributed by atoms with van der Waals surface area (Å²) in [5.74, 6) is -0.0612. The molecule has 1 amide bonds. The average molecular weight is 340 g/mol. The standard InChI is InChI=1S/C14H18BrN3O2/c1-18(9-10-4-2-5-11(15)8-10)13(19)14(6-3-7-14)12(16)17-20/h2,4-5,8,20H,3,6-7,9H2,1H3,(H2,16,17). The molecule has 0 spiro atoms. The number of nitrogens with two attached hydrogens (primary N) is 1. The molecule has 0 aromatic heterocycles. The van der Waals surface area contributed by atoms with Gasteiger partial charge >= 0.3 is 0 Å². The number of benzene rings is 1. The van der Waals surface area contributed by atoms with Crippen molar-refractivity contribution in [3.8, 4) is 0 Å². The van der Waals surface area contributed by atoms with Crippen LogP contribution in [0, 0.1) is 5.41 Å². The fourth-order valence-electron chi connectivity index (χ4n) is 2.55. The quantitative estimate of drug-likeness (QED) is 0.382. The van der Waals surface area contributed by atoms with Gasteiger partial charge in [0.05, 0.1) is 0 Å². The second-order valence-corrected chi connectivity index (χ2v) is 6.13. The number of hydrogen-bond donors (Lipinski definition) is 2. The van der Waals surface area contributed by atoms with Crippen LogP contribution in [0.1, 0.15) is 24.8 Å². The van der Waals surface area contributed by atoms with E-state index in [0.29, 0.717) is 19.4 Å². The van der Waals surface area contributed by atoms with Crippen LogP contribution in [0.25, 0.3) is 0 Å². The van der Waals surface area contributed by atoms with Crippen molar-refractivity contribution in [1.82, 2.24) is 4.90 Å². The molecule has 1 aliphatic rings. The van der Waals surface area contributed by atoms with Crippen molar-refractivity contribution in [3.63, 3.8) is 0 Å². The molecule has 1 aromatic rings. The zero-order valence-corrected chi connectivity index (χ0v) is 12.9. The molecule has 1 saturated carbocycles. The van der Waals surface area contributed by atoms with Crippen LogP contribution in [0.4, 0.5) is 0 Å². The summed E-state index contributed by atoms with van der Waals surface area (Å²) < 4.78 is 0.977. The van der Waals surface area contributed by atoms with Gasteiger partial charge in [-0.05, 0) is 30.5 Å². The van der Waals surface area contributed by atoms with Crippen LogP contribution in [0.2, 0.25) is 0 Å². The number of amides is 1. The van der Waals surface area contributed by atoms with Gasteiger partial charge in [-0.15, -0.1) is 0 Å². The molecule has 1 fully saturated rings. The van der Waals surface area contributed by atoms with Crippen LogP contribution in [-0.4, -0.2) is 28.9 Å². The number of oxime groups is 1. The van der Waals surface area contributed by atoms with Crippen molar-refractivity contribution < 1.29 is 10.0 Å². The van der Waals surface area contributed by atoms with E-state index in [2.05, 4.69) is 21.1 Å². The van der Waals surface area contributed by atoms with Gasteiger partial charge in [-0.2, -0.15) is 0 Å². The Morgan fingerprint density at radius 1 is 1.55 bits per heavy atom. The highest BCUT2D eigenvalue weighted by Gasteiger charge is 2.49. The molecule has 1 aliphatic carbocycles. The lowest BCUT2D eigenvalue weighted by atomic mass is 9.67. The Morgan fingerprint density at radius 2 is 2.25 bits per heavy atom. The smallest absolute Gasteiger partial charge is 0.236 e. The Kier molecular flexibility index (Phi) is 4.32. The van der Waals surface area contributed by atoms with Gasteiger partial charge in [-0.1, -0.05) is 39.6 Å². The van der Waals surface area contributed by atoms with Crippen molar-refractivity contribution in [2.75, 3.05) is 7.05 Å². The molecule has 3 N–H and O–H groups in total. The first kappa shape index (κ1) is 14.8. The van der Waals surface area contributed by atoms with Gasteiger partial charge in [0.1, 0.15) is 5.41 Å². The zero-order valence-electron chi connectivity index (χ0n) is 11.3. The molecule has 108 valence electrons. The molecule has 0 saturated heterocycles. The first-order valence-electron chi connectivity index (χ1n) is 6.47. The van der Waals surface area contributed by atoms with E-state index in [9.17, 15) is 4.79 Å². The van der Waals surface area contributed by atoms with E-state index in [1.165, 1.54) is 0 Å². The molecule has 20 heavy (non-hydrogen) atoms. The molecule has 5 nitrogen and oxygen atoms in total. The van der Waals surface area contributed by atoms with Crippen LogP contribution < -0.4 is 5.73 Å². The number of carbonyl (C=O) groups excluding carboxylic acids is 1. The van der Waals surface area contributed by atoms with Crippen LogP contribution in [-0.2, 0) is 11.3 Å². The number of rotatable bonds is 4. The zero-order chi connectivity index (χ0) is 14.8. The minimum atomic E-state index is -0.810. The topological polar surface area (TPSA) is 78.9 Å². The van der Waals surface area contributed by atoms with Crippen LogP contribution in [0.15, 0.2) is 33.9 Å². The Bertz CT molecular complexity index is 541. The number of hydrogen-bond acceptors (Lipinski definition) is 3. The summed E-state index contributed by atoms with van der Waals surface area (Å²) in [5.41, 5.74) is 5.94. The largest absolute Gasteiger partial charge is 0.409 e. The van der Waals surface area contributed by atoms with Gasteiger partial charge in [0.2, 0.25) is 5.91 Å². The van der Waals surface area contributed by atoms with E-state index in [-0.39, 0.29) is 11.7 Å². The van der Waals surface area contributed by atoms with E-state index in [0.717, 1.165) is 16.5 Å². The van der Waals surface area contributed by atoms with Crippen molar-refractivity contribution in [1.29, 1.82) is 0 Å². The maximum absolute atomic E-state index is 12.6. The number of halogens is 1. The third-order valence-corrected chi connectivity index (χ3v) is 4.36. The highest BCUT2D eigenvalue weighted by molar-refractivity contribution is 9.10. The van der Waals surface area contributed by atoms with E-state index in [4.69, 9.17) is 10.9 Å².